The summed E-state index contributed by atoms with van der Waals surface area (Å²) in [4.78, 5) is 40.4. The molecule has 0 saturated heterocycles. The standard InChI is InChI=1S/C22H22ClN5O5/c1-12-9-13(2)28(27-12)19-8-6-16(23)21(26-19)22(31)33-11-20(30)25-17-10-15(24-14(3)29)5-7-18(17)32-4/h5-10H,11H2,1-4H3,(H,24,29)(H,25,30). The molecule has 0 atom stereocenters. The van der Waals surface area contributed by atoms with Crippen LogP contribution in [0.25, 0.3) is 5.82 Å². The van der Waals surface area contributed by atoms with Gasteiger partial charge in [-0.1, -0.05) is 11.6 Å². The van der Waals surface area contributed by atoms with E-state index in [1.54, 1.807) is 22.9 Å². The van der Waals surface area contributed by atoms with Crippen molar-refractivity contribution < 1.29 is 23.9 Å². The van der Waals surface area contributed by atoms with E-state index >= 15 is 0 Å². The molecule has 3 rings (SSSR count). The Morgan fingerprint density at radius 3 is 2.48 bits per heavy atom. The van der Waals surface area contributed by atoms with Crippen molar-refractivity contribution in [3.8, 4) is 11.6 Å². The van der Waals surface area contributed by atoms with Crippen LogP contribution in [-0.2, 0) is 14.3 Å². The number of aryl methyl sites for hydroxylation is 2. The molecule has 0 aliphatic carbocycles. The van der Waals surface area contributed by atoms with E-state index in [1.165, 1.54) is 26.2 Å². The monoisotopic (exact) mass is 471 g/mol. The van der Waals surface area contributed by atoms with E-state index in [4.69, 9.17) is 21.1 Å². The van der Waals surface area contributed by atoms with Crippen LogP contribution >= 0.6 is 11.6 Å². The molecule has 0 saturated carbocycles. The number of ether oxygens (including phenoxy) is 2. The number of anilines is 2. The minimum absolute atomic E-state index is 0.0790. The van der Waals surface area contributed by atoms with Crippen molar-refractivity contribution in [2.45, 2.75) is 20.8 Å². The fourth-order valence-corrected chi connectivity index (χ4v) is 3.21. The van der Waals surface area contributed by atoms with Crippen molar-refractivity contribution in [2.75, 3.05) is 24.4 Å². The van der Waals surface area contributed by atoms with Crippen LogP contribution in [0.15, 0.2) is 36.4 Å². The first-order valence-corrected chi connectivity index (χ1v) is 10.2. The lowest BCUT2D eigenvalue weighted by Crippen LogP contribution is -2.22. The normalized spacial score (nSPS) is 10.5. The molecule has 3 aromatic rings. The number of esters is 1. The Hall–Kier alpha value is -3.92. The number of nitrogens with one attached hydrogen (secondary N) is 2. The molecule has 0 unspecified atom stereocenters. The number of amides is 2. The van der Waals surface area contributed by atoms with E-state index in [9.17, 15) is 14.4 Å². The zero-order valence-electron chi connectivity index (χ0n) is 18.4. The maximum absolute atomic E-state index is 12.5. The summed E-state index contributed by atoms with van der Waals surface area (Å²) < 4.78 is 11.9. The summed E-state index contributed by atoms with van der Waals surface area (Å²) in [6, 6.07) is 9.74. The Kier molecular flexibility index (Phi) is 7.29. The zero-order valence-corrected chi connectivity index (χ0v) is 19.2. The van der Waals surface area contributed by atoms with Crippen molar-refractivity contribution in [3.05, 3.63) is 58.5 Å². The highest BCUT2D eigenvalue weighted by molar-refractivity contribution is 6.33. The number of carbonyl (C=O) groups excluding carboxylic acids is 3. The molecule has 172 valence electrons. The molecule has 2 heterocycles. The first-order chi connectivity index (χ1) is 15.7. The number of halogens is 1. The molecule has 0 spiro atoms. The van der Waals surface area contributed by atoms with Crippen LogP contribution in [-0.4, -0.2) is 46.3 Å². The number of methoxy groups -OCH3 is 1. The lowest BCUT2D eigenvalue weighted by Gasteiger charge is -2.13. The van der Waals surface area contributed by atoms with Gasteiger partial charge in [0.1, 0.15) is 5.75 Å². The van der Waals surface area contributed by atoms with Crippen LogP contribution in [0.2, 0.25) is 5.02 Å². The van der Waals surface area contributed by atoms with E-state index < -0.39 is 18.5 Å². The van der Waals surface area contributed by atoms with Crippen molar-refractivity contribution in [2.24, 2.45) is 0 Å². The number of nitrogens with zero attached hydrogens (tertiary/aromatic N) is 3. The van der Waals surface area contributed by atoms with Crippen molar-refractivity contribution in [3.63, 3.8) is 0 Å². The van der Waals surface area contributed by atoms with Crippen LogP contribution < -0.4 is 15.4 Å². The summed E-state index contributed by atoms with van der Waals surface area (Å²) in [6.07, 6.45) is 0. The maximum Gasteiger partial charge on any atom is 0.359 e. The molecule has 0 bridgehead atoms. The molecule has 0 aliphatic rings. The number of pyridine rings is 1. The van der Waals surface area contributed by atoms with E-state index in [0.29, 0.717) is 22.9 Å². The summed E-state index contributed by atoms with van der Waals surface area (Å²) in [5, 5.41) is 9.60. The second-order valence-electron chi connectivity index (χ2n) is 7.06. The molecule has 0 fully saturated rings. The predicted octanol–water partition coefficient (Wildman–Crippen LogP) is 3.30. The topological polar surface area (TPSA) is 124 Å². The number of benzene rings is 1. The van der Waals surface area contributed by atoms with Gasteiger partial charge in [-0.25, -0.2) is 14.5 Å². The minimum Gasteiger partial charge on any atom is -0.495 e. The van der Waals surface area contributed by atoms with Gasteiger partial charge in [-0.2, -0.15) is 5.10 Å². The Balaban J connectivity index is 1.70. The third-order valence-electron chi connectivity index (χ3n) is 4.38. The minimum atomic E-state index is -0.863. The molecule has 10 nitrogen and oxygen atoms in total. The molecule has 2 N–H and O–H groups in total. The SMILES string of the molecule is COc1ccc(NC(C)=O)cc1NC(=O)COC(=O)c1nc(-n2nc(C)cc2C)ccc1Cl. The predicted molar refractivity (Wildman–Crippen MR) is 122 cm³/mol. The number of hydrogen-bond donors (Lipinski definition) is 2. The third kappa shape index (κ3) is 5.86. The Bertz CT molecular complexity index is 1220. The van der Waals surface area contributed by atoms with E-state index in [2.05, 4.69) is 20.7 Å². The van der Waals surface area contributed by atoms with Gasteiger partial charge in [0.15, 0.2) is 18.1 Å². The van der Waals surface area contributed by atoms with Crippen LogP contribution in [0, 0.1) is 13.8 Å². The molecular weight excluding hydrogens is 450 g/mol. The van der Waals surface area contributed by atoms with Gasteiger partial charge in [0, 0.05) is 18.3 Å². The van der Waals surface area contributed by atoms with E-state index in [1.807, 2.05) is 19.9 Å². The van der Waals surface area contributed by atoms with Gasteiger partial charge in [0.25, 0.3) is 5.91 Å². The molecular formula is C22H22ClN5O5. The van der Waals surface area contributed by atoms with Gasteiger partial charge >= 0.3 is 5.97 Å². The highest BCUT2D eigenvalue weighted by Crippen LogP contribution is 2.28. The van der Waals surface area contributed by atoms with Gasteiger partial charge in [-0.15, -0.1) is 0 Å². The number of aromatic nitrogens is 3. The first-order valence-electron chi connectivity index (χ1n) is 9.80. The summed E-state index contributed by atoms with van der Waals surface area (Å²) in [6.45, 7) is 4.47. The van der Waals surface area contributed by atoms with Gasteiger partial charge < -0.3 is 20.1 Å². The summed E-state index contributed by atoms with van der Waals surface area (Å²) in [5.74, 6) is -0.990. The first kappa shape index (κ1) is 23.7. The van der Waals surface area contributed by atoms with Crippen LogP contribution in [0.1, 0.15) is 28.8 Å². The summed E-state index contributed by atoms with van der Waals surface area (Å²) in [7, 11) is 1.44. The molecule has 1 aromatic carbocycles. The molecule has 2 amide bonds. The maximum atomic E-state index is 12.5. The molecule has 0 radical (unpaired) electrons. The van der Waals surface area contributed by atoms with E-state index in [-0.39, 0.29) is 16.6 Å². The Morgan fingerprint density at radius 1 is 1.09 bits per heavy atom. The number of rotatable bonds is 7. The zero-order chi connectivity index (χ0) is 24.1. The van der Waals surface area contributed by atoms with Crippen molar-refractivity contribution in [1.29, 1.82) is 0 Å². The largest absolute Gasteiger partial charge is 0.495 e. The van der Waals surface area contributed by atoms with Crippen LogP contribution in [0.3, 0.4) is 0 Å². The lowest BCUT2D eigenvalue weighted by molar-refractivity contribution is -0.119. The smallest absolute Gasteiger partial charge is 0.359 e. The number of carbonyl (C=O) groups is 3. The van der Waals surface area contributed by atoms with Gasteiger partial charge in [0.2, 0.25) is 5.91 Å². The molecule has 0 aliphatic heterocycles. The van der Waals surface area contributed by atoms with Crippen molar-refractivity contribution >= 4 is 40.8 Å². The Labute approximate surface area is 194 Å². The lowest BCUT2D eigenvalue weighted by atomic mass is 10.2. The average molecular weight is 472 g/mol. The number of hydrogen-bond acceptors (Lipinski definition) is 7. The fraction of sp³-hybridized carbons (Fsp3) is 0.227. The summed E-state index contributed by atoms with van der Waals surface area (Å²) in [5.41, 5.74) is 2.25. The van der Waals surface area contributed by atoms with Crippen molar-refractivity contribution in [1.82, 2.24) is 14.8 Å². The molecule has 11 heteroatoms. The average Bonchev–Trinajstić information content (AvgIpc) is 3.10. The van der Waals surface area contributed by atoms with Crippen LogP contribution in [0.5, 0.6) is 5.75 Å². The highest BCUT2D eigenvalue weighted by Gasteiger charge is 2.18. The second kappa shape index (κ2) is 10.1. The van der Waals surface area contributed by atoms with E-state index in [0.717, 1.165) is 11.4 Å². The second-order valence-corrected chi connectivity index (χ2v) is 7.47. The van der Waals surface area contributed by atoms with Crippen LogP contribution in [0.4, 0.5) is 11.4 Å². The quantitative estimate of drug-likeness (QED) is 0.506. The Morgan fingerprint density at radius 2 is 1.85 bits per heavy atom. The summed E-state index contributed by atoms with van der Waals surface area (Å²) >= 11 is 6.12. The van der Waals surface area contributed by atoms with Gasteiger partial charge in [0.05, 0.1) is 23.5 Å². The molecule has 2 aromatic heterocycles. The highest BCUT2D eigenvalue weighted by atomic mass is 35.5. The fourth-order valence-electron chi connectivity index (χ4n) is 3.03. The van der Waals surface area contributed by atoms with Gasteiger partial charge in [-0.3, -0.25) is 9.59 Å². The molecule has 33 heavy (non-hydrogen) atoms. The van der Waals surface area contributed by atoms with Gasteiger partial charge in [-0.05, 0) is 50.2 Å². The third-order valence-corrected chi connectivity index (χ3v) is 4.68.